The summed E-state index contributed by atoms with van der Waals surface area (Å²) in [6.45, 7) is 4.63. The predicted octanol–water partition coefficient (Wildman–Crippen LogP) is 4.28. The second-order valence-electron chi connectivity index (χ2n) is 6.27. The number of aryl methyl sites for hydroxylation is 1. The van der Waals surface area contributed by atoms with Crippen molar-refractivity contribution in [3.8, 4) is 0 Å². The van der Waals surface area contributed by atoms with Gasteiger partial charge in [0.15, 0.2) is 0 Å². The van der Waals surface area contributed by atoms with Crippen LogP contribution in [0.25, 0.3) is 0 Å². The lowest BCUT2D eigenvalue weighted by Crippen LogP contribution is -2.14. The minimum absolute atomic E-state index is 0.158. The minimum Gasteiger partial charge on any atom is -0.370 e. The molecule has 144 valence electrons. The summed E-state index contributed by atoms with van der Waals surface area (Å²) in [5.74, 6) is 1.65. The number of rotatable bonds is 7. The van der Waals surface area contributed by atoms with Gasteiger partial charge in [-0.3, -0.25) is 4.79 Å². The fraction of sp³-hybridized carbons (Fsp3) is 0.190. The molecule has 3 N–H and O–H groups in total. The molecule has 28 heavy (non-hydrogen) atoms. The van der Waals surface area contributed by atoms with Gasteiger partial charge < -0.3 is 16.0 Å². The van der Waals surface area contributed by atoms with Crippen LogP contribution in [-0.2, 0) is 11.2 Å². The molecule has 0 aliphatic rings. The SMILES string of the molecule is CCNc1cc(Nc2ccc(NC(=O)Cc3ccc(F)cc3)cc2)nc(C)n1. The van der Waals surface area contributed by atoms with Crippen LogP contribution in [0.15, 0.2) is 54.6 Å². The van der Waals surface area contributed by atoms with Crippen LogP contribution in [0.4, 0.5) is 27.4 Å². The molecule has 1 heterocycles. The van der Waals surface area contributed by atoms with Gasteiger partial charge in [-0.15, -0.1) is 0 Å². The second kappa shape index (κ2) is 8.94. The molecule has 0 radical (unpaired) electrons. The van der Waals surface area contributed by atoms with E-state index in [-0.39, 0.29) is 18.1 Å². The van der Waals surface area contributed by atoms with E-state index in [0.29, 0.717) is 17.3 Å². The van der Waals surface area contributed by atoms with Gasteiger partial charge in [0.1, 0.15) is 23.3 Å². The Labute approximate surface area is 163 Å². The quantitative estimate of drug-likeness (QED) is 0.571. The van der Waals surface area contributed by atoms with Crippen molar-refractivity contribution >= 4 is 28.9 Å². The molecule has 0 saturated heterocycles. The Morgan fingerprint density at radius 2 is 1.61 bits per heavy atom. The summed E-state index contributed by atoms with van der Waals surface area (Å²) >= 11 is 0. The zero-order valence-electron chi connectivity index (χ0n) is 15.8. The molecule has 0 aliphatic carbocycles. The number of benzene rings is 2. The molecule has 0 atom stereocenters. The van der Waals surface area contributed by atoms with Crippen LogP contribution in [0.1, 0.15) is 18.3 Å². The van der Waals surface area contributed by atoms with Crippen molar-refractivity contribution in [3.05, 3.63) is 71.8 Å². The van der Waals surface area contributed by atoms with Crippen LogP contribution in [0.5, 0.6) is 0 Å². The zero-order valence-corrected chi connectivity index (χ0v) is 15.8. The Balaban J connectivity index is 1.60. The Hall–Kier alpha value is -3.48. The molecule has 0 unspecified atom stereocenters. The summed E-state index contributed by atoms with van der Waals surface area (Å²) in [6, 6.07) is 15.1. The highest BCUT2D eigenvalue weighted by molar-refractivity contribution is 5.92. The lowest BCUT2D eigenvalue weighted by Gasteiger charge is -2.10. The molecule has 7 heteroatoms. The Kier molecular flexibility index (Phi) is 6.16. The Bertz CT molecular complexity index is 942. The summed E-state index contributed by atoms with van der Waals surface area (Å²) in [7, 11) is 0. The Morgan fingerprint density at radius 1 is 0.964 bits per heavy atom. The predicted molar refractivity (Wildman–Crippen MR) is 109 cm³/mol. The smallest absolute Gasteiger partial charge is 0.228 e. The highest BCUT2D eigenvalue weighted by Gasteiger charge is 2.06. The zero-order chi connectivity index (χ0) is 19.9. The molecule has 1 aromatic heterocycles. The molecule has 3 aromatic rings. The molecule has 2 aromatic carbocycles. The summed E-state index contributed by atoms with van der Waals surface area (Å²) in [5.41, 5.74) is 2.29. The van der Waals surface area contributed by atoms with Crippen LogP contribution in [0.3, 0.4) is 0 Å². The first-order valence-electron chi connectivity index (χ1n) is 9.03. The molecule has 1 amide bonds. The van der Waals surface area contributed by atoms with E-state index < -0.39 is 0 Å². The highest BCUT2D eigenvalue weighted by Crippen LogP contribution is 2.20. The third kappa shape index (κ3) is 5.51. The van der Waals surface area contributed by atoms with E-state index in [1.807, 2.05) is 44.2 Å². The maximum absolute atomic E-state index is 12.9. The number of carbonyl (C=O) groups excluding carboxylic acids is 1. The molecule has 0 bridgehead atoms. The van der Waals surface area contributed by atoms with Crippen molar-refractivity contribution in [2.24, 2.45) is 0 Å². The summed E-state index contributed by atoms with van der Waals surface area (Å²) in [5, 5.41) is 9.23. The lowest BCUT2D eigenvalue weighted by molar-refractivity contribution is -0.115. The topological polar surface area (TPSA) is 78.9 Å². The van der Waals surface area contributed by atoms with E-state index in [9.17, 15) is 9.18 Å². The molecular formula is C21H22FN5O. The maximum atomic E-state index is 12.9. The fourth-order valence-corrected chi connectivity index (χ4v) is 2.68. The summed E-state index contributed by atoms with van der Waals surface area (Å²) in [4.78, 5) is 20.8. The van der Waals surface area contributed by atoms with Crippen LogP contribution >= 0.6 is 0 Å². The van der Waals surface area contributed by atoms with Crippen LogP contribution in [-0.4, -0.2) is 22.4 Å². The van der Waals surface area contributed by atoms with Crippen LogP contribution < -0.4 is 16.0 Å². The number of nitrogens with zero attached hydrogens (tertiary/aromatic N) is 2. The normalized spacial score (nSPS) is 10.4. The number of anilines is 4. The van der Waals surface area contributed by atoms with Crippen molar-refractivity contribution < 1.29 is 9.18 Å². The molecule has 0 spiro atoms. The summed E-state index contributed by atoms with van der Waals surface area (Å²) < 4.78 is 12.9. The Morgan fingerprint density at radius 3 is 2.29 bits per heavy atom. The van der Waals surface area contributed by atoms with Gasteiger partial charge in [-0.1, -0.05) is 12.1 Å². The van der Waals surface area contributed by atoms with Crippen molar-refractivity contribution in [2.45, 2.75) is 20.3 Å². The highest BCUT2D eigenvalue weighted by atomic mass is 19.1. The van der Waals surface area contributed by atoms with Gasteiger partial charge in [0.05, 0.1) is 6.42 Å². The molecule has 0 aliphatic heterocycles. The molecule has 0 saturated carbocycles. The third-order valence-corrected chi connectivity index (χ3v) is 3.91. The monoisotopic (exact) mass is 379 g/mol. The second-order valence-corrected chi connectivity index (χ2v) is 6.27. The lowest BCUT2D eigenvalue weighted by atomic mass is 10.1. The molecule has 6 nitrogen and oxygen atoms in total. The molecule has 3 rings (SSSR count). The van der Waals surface area contributed by atoms with E-state index in [1.165, 1.54) is 12.1 Å². The molecular weight excluding hydrogens is 357 g/mol. The van der Waals surface area contributed by atoms with E-state index in [0.717, 1.165) is 23.6 Å². The van der Waals surface area contributed by atoms with Crippen molar-refractivity contribution in [2.75, 3.05) is 22.5 Å². The maximum Gasteiger partial charge on any atom is 0.228 e. The van der Waals surface area contributed by atoms with E-state index in [1.54, 1.807) is 12.1 Å². The first kappa shape index (κ1) is 19.3. The number of carbonyl (C=O) groups is 1. The van der Waals surface area contributed by atoms with Gasteiger partial charge in [0.25, 0.3) is 0 Å². The number of aromatic nitrogens is 2. The van der Waals surface area contributed by atoms with E-state index in [2.05, 4.69) is 25.9 Å². The molecule has 0 fully saturated rings. The van der Waals surface area contributed by atoms with E-state index in [4.69, 9.17) is 0 Å². The average Bonchev–Trinajstić information content (AvgIpc) is 2.65. The first-order valence-corrected chi connectivity index (χ1v) is 9.03. The van der Waals surface area contributed by atoms with Gasteiger partial charge in [-0.2, -0.15) is 0 Å². The minimum atomic E-state index is -0.316. The van der Waals surface area contributed by atoms with Gasteiger partial charge in [-0.25, -0.2) is 14.4 Å². The fourth-order valence-electron chi connectivity index (χ4n) is 2.68. The standard InChI is InChI=1S/C21H22FN5O/c1-3-23-19-13-20(25-14(2)24-19)26-17-8-10-18(11-9-17)27-21(28)12-15-4-6-16(22)7-5-15/h4-11,13H,3,12H2,1-2H3,(H,27,28)(H2,23,24,25,26). The number of amides is 1. The number of halogens is 1. The van der Waals surface area contributed by atoms with Crippen molar-refractivity contribution in [1.29, 1.82) is 0 Å². The van der Waals surface area contributed by atoms with E-state index >= 15 is 0 Å². The van der Waals surface area contributed by atoms with Gasteiger partial charge in [-0.05, 0) is 55.8 Å². The third-order valence-electron chi connectivity index (χ3n) is 3.91. The van der Waals surface area contributed by atoms with Crippen LogP contribution in [0.2, 0.25) is 0 Å². The number of nitrogens with one attached hydrogen (secondary N) is 3. The van der Waals surface area contributed by atoms with Crippen LogP contribution in [0, 0.1) is 12.7 Å². The van der Waals surface area contributed by atoms with Crippen molar-refractivity contribution in [3.63, 3.8) is 0 Å². The summed E-state index contributed by atoms with van der Waals surface area (Å²) in [6.07, 6.45) is 0.188. The van der Waals surface area contributed by atoms with Crippen molar-refractivity contribution in [1.82, 2.24) is 9.97 Å². The van der Waals surface area contributed by atoms with Gasteiger partial charge >= 0.3 is 0 Å². The first-order chi connectivity index (χ1) is 13.5. The average molecular weight is 379 g/mol. The number of hydrogen-bond donors (Lipinski definition) is 3. The largest absolute Gasteiger partial charge is 0.370 e. The van der Waals surface area contributed by atoms with Gasteiger partial charge in [0.2, 0.25) is 5.91 Å². The number of hydrogen-bond acceptors (Lipinski definition) is 5. The van der Waals surface area contributed by atoms with Gasteiger partial charge in [0, 0.05) is 24.0 Å².